The second-order valence-corrected chi connectivity index (χ2v) is 7.94. The van der Waals surface area contributed by atoms with Crippen LogP contribution in [0, 0.1) is 12.8 Å². The highest BCUT2D eigenvalue weighted by Gasteiger charge is 2.33. The number of pyridine rings is 1. The van der Waals surface area contributed by atoms with Crippen molar-refractivity contribution < 1.29 is 4.79 Å². The second kappa shape index (κ2) is 6.91. The van der Waals surface area contributed by atoms with Crippen LogP contribution in [0.2, 0.25) is 0 Å². The lowest BCUT2D eigenvalue weighted by Crippen LogP contribution is -2.54. The number of amides is 1. The van der Waals surface area contributed by atoms with Crippen LogP contribution >= 0.6 is 0 Å². The Morgan fingerprint density at radius 3 is 2.81 bits per heavy atom. The smallest absolute Gasteiger partial charge is 0.226 e. The van der Waals surface area contributed by atoms with E-state index >= 15 is 0 Å². The Labute approximate surface area is 155 Å². The van der Waals surface area contributed by atoms with Gasteiger partial charge in [0, 0.05) is 62.3 Å². The molecule has 0 aromatic carbocycles. The maximum absolute atomic E-state index is 12.8. The molecule has 1 saturated carbocycles. The first kappa shape index (κ1) is 17.3. The Morgan fingerprint density at radius 2 is 2.08 bits per heavy atom. The second-order valence-electron chi connectivity index (χ2n) is 7.94. The molecule has 1 aliphatic carbocycles. The third kappa shape index (κ3) is 3.07. The normalized spacial score (nSPS) is 22.4. The number of hydrogen-bond donors (Lipinski definition) is 1. The van der Waals surface area contributed by atoms with Crippen molar-refractivity contribution in [3.8, 4) is 0 Å². The predicted octanol–water partition coefficient (Wildman–Crippen LogP) is 2.45. The van der Waals surface area contributed by atoms with Crippen LogP contribution in [0.5, 0.6) is 0 Å². The minimum atomic E-state index is 0.258. The van der Waals surface area contributed by atoms with Gasteiger partial charge in [0.25, 0.3) is 0 Å². The molecule has 1 saturated heterocycles. The number of imidazole rings is 1. The van der Waals surface area contributed by atoms with Gasteiger partial charge in [0.2, 0.25) is 5.91 Å². The van der Waals surface area contributed by atoms with Crippen LogP contribution in [0.1, 0.15) is 43.7 Å². The van der Waals surface area contributed by atoms with E-state index in [0.29, 0.717) is 5.91 Å². The number of carbonyl (C=O) groups excluding carboxylic acids is 1. The molecule has 2 aliphatic rings. The molecule has 1 atom stereocenters. The van der Waals surface area contributed by atoms with Crippen LogP contribution in [-0.2, 0) is 11.3 Å². The number of aromatic nitrogens is 2. The summed E-state index contributed by atoms with van der Waals surface area (Å²) < 4.78 is 2.00. The molecule has 2 N–H and O–H groups in total. The fourth-order valence-corrected chi connectivity index (χ4v) is 4.56. The summed E-state index contributed by atoms with van der Waals surface area (Å²) >= 11 is 0. The van der Waals surface area contributed by atoms with Crippen LogP contribution in [0.3, 0.4) is 0 Å². The van der Waals surface area contributed by atoms with Crippen LogP contribution in [0.15, 0.2) is 18.6 Å². The standard InChI is InChI=1S/C20H29N5O/c1-14-11-23(9-10-25(14)20(26)16-5-3-4-6-16)12-17-15(2)18(21)13-24-8-7-22-19(17)24/h7-8,13-14,16H,3-6,9-12,21H2,1-2H3/t14-/m0/s1. The number of anilines is 1. The Morgan fingerprint density at radius 1 is 1.31 bits per heavy atom. The van der Waals surface area contributed by atoms with E-state index < -0.39 is 0 Å². The molecule has 6 nitrogen and oxygen atoms in total. The Hall–Kier alpha value is -2.08. The van der Waals surface area contributed by atoms with Crippen molar-refractivity contribution in [3.63, 3.8) is 0 Å². The lowest BCUT2D eigenvalue weighted by Gasteiger charge is -2.41. The monoisotopic (exact) mass is 355 g/mol. The molecule has 4 rings (SSSR count). The number of nitrogens with zero attached hydrogens (tertiary/aromatic N) is 4. The van der Waals surface area contributed by atoms with E-state index in [1.165, 1.54) is 18.4 Å². The molecular weight excluding hydrogens is 326 g/mol. The lowest BCUT2D eigenvalue weighted by molar-refractivity contribution is -0.140. The zero-order valence-electron chi connectivity index (χ0n) is 15.8. The summed E-state index contributed by atoms with van der Waals surface area (Å²) in [6, 6.07) is 0.258. The SMILES string of the molecule is Cc1c(N)cn2ccnc2c1CN1CCN(C(=O)C2CCCC2)[C@@H](C)C1. The van der Waals surface area contributed by atoms with Gasteiger partial charge in [0.05, 0.1) is 5.69 Å². The number of rotatable bonds is 3. The van der Waals surface area contributed by atoms with E-state index in [1.54, 1.807) is 0 Å². The van der Waals surface area contributed by atoms with Crippen LogP contribution in [0.25, 0.3) is 5.65 Å². The first-order valence-corrected chi connectivity index (χ1v) is 9.78. The molecule has 2 fully saturated rings. The summed E-state index contributed by atoms with van der Waals surface area (Å²) in [4.78, 5) is 21.9. The molecule has 0 unspecified atom stereocenters. The molecular formula is C20H29N5O. The van der Waals surface area contributed by atoms with E-state index in [0.717, 1.165) is 55.9 Å². The van der Waals surface area contributed by atoms with E-state index in [4.69, 9.17) is 5.73 Å². The molecule has 6 heteroatoms. The van der Waals surface area contributed by atoms with E-state index in [2.05, 4.69) is 28.6 Å². The average Bonchev–Trinajstić information content (AvgIpc) is 3.30. The van der Waals surface area contributed by atoms with Gasteiger partial charge in [-0.15, -0.1) is 0 Å². The van der Waals surface area contributed by atoms with Crippen molar-refractivity contribution in [3.05, 3.63) is 29.7 Å². The van der Waals surface area contributed by atoms with Crippen molar-refractivity contribution in [1.82, 2.24) is 19.2 Å². The van der Waals surface area contributed by atoms with E-state index in [-0.39, 0.29) is 12.0 Å². The number of piperazine rings is 1. The van der Waals surface area contributed by atoms with Crippen molar-refractivity contribution in [2.45, 2.75) is 52.1 Å². The highest BCUT2D eigenvalue weighted by atomic mass is 16.2. The van der Waals surface area contributed by atoms with Gasteiger partial charge in [-0.05, 0) is 32.3 Å². The number of nitrogen functional groups attached to an aromatic ring is 1. The predicted molar refractivity (Wildman–Crippen MR) is 103 cm³/mol. The molecule has 2 aromatic heterocycles. The van der Waals surface area contributed by atoms with Crippen molar-refractivity contribution in [2.75, 3.05) is 25.4 Å². The maximum atomic E-state index is 12.8. The largest absolute Gasteiger partial charge is 0.397 e. The minimum Gasteiger partial charge on any atom is -0.397 e. The van der Waals surface area contributed by atoms with Gasteiger partial charge >= 0.3 is 0 Å². The molecule has 1 amide bonds. The third-order valence-corrected chi connectivity index (χ3v) is 6.18. The van der Waals surface area contributed by atoms with Gasteiger partial charge in [-0.3, -0.25) is 9.69 Å². The Bertz CT molecular complexity index is 808. The molecule has 140 valence electrons. The molecule has 2 aromatic rings. The van der Waals surface area contributed by atoms with Gasteiger partial charge in [0.1, 0.15) is 5.65 Å². The quantitative estimate of drug-likeness (QED) is 0.918. The van der Waals surface area contributed by atoms with E-state index in [1.807, 2.05) is 23.0 Å². The average molecular weight is 355 g/mol. The third-order valence-electron chi connectivity index (χ3n) is 6.18. The summed E-state index contributed by atoms with van der Waals surface area (Å²) in [7, 11) is 0. The van der Waals surface area contributed by atoms with Crippen LogP contribution < -0.4 is 5.73 Å². The van der Waals surface area contributed by atoms with Gasteiger partial charge in [-0.25, -0.2) is 4.98 Å². The van der Waals surface area contributed by atoms with Gasteiger partial charge in [0.15, 0.2) is 0 Å². The number of fused-ring (bicyclic) bond motifs is 1. The highest BCUT2D eigenvalue weighted by molar-refractivity contribution is 5.79. The highest BCUT2D eigenvalue weighted by Crippen LogP contribution is 2.29. The summed E-state index contributed by atoms with van der Waals surface area (Å²) in [5.41, 5.74) is 10.3. The summed E-state index contributed by atoms with van der Waals surface area (Å²) in [6.07, 6.45) is 10.3. The fraction of sp³-hybridized carbons (Fsp3) is 0.600. The number of nitrogens with two attached hydrogens (primary N) is 1. The topological polar surface area (TPSA) is 66.9 Å². The van der Waals surface area contributed by atoms with Crippen molar-refractivity contribution in [1.29, 1.82) is 0 Å². The minimum absolute atomic E-state index is 0.258. The fourth-order valence-electron chi connectivity index (χ4n) is 4.56. The summed E-state index contributed by atoms with van der Waals surface area (Å²) in [5, 5.41) is 0. The first-order valence-electron chi connectivity index (χ1n) is 9.78. The Kier molecular flexibility index (Phi) is 4.61. The van der Waals surface area contributed by atoms with Gasteiger partial charge in [-0.1, -0.05) is 12.8 Å². The first-order chi connectivity index (χ1) is 12.5. The molecule has 26 heavy (non-hydrogen) atoms. The van der Waals surface area contributed by atoms with Crippen LogP contribution in [-0.4, -0.2) is 50.8 Å². The zero-order chi connectivity index (χ0) is 18.3. The summed E-state index contributed by atoms with van der Waals surface area (Å²) in [5.74, 6) is 0.648. The Balaban J connectivity index is 1.47. The van der Waals surface area contributed by atoms with Crippen molar-refractivity contribution in [2.24, 2.45) is 5.92 Å². The lowest BCUT2D eigenvalue weighted by atomic mass is 10.0. The van der Waals surface area contributed by atoms with Gasteiger partial charge in [-0.2, -0.15) is 0 Å². The van der Waals surface area contributed by atoms with E-state index in [9.17, 15) is 4.79 Å². The molecule has 0 bridgehead atoms. The maximum Gasteiger partial charge on any atom is 0.226 e. The van der Waals surface area contributed by atoms with Crippen LogP contribution in [0.4, 0.5) is 5.69 Å². The van der Waals surface area contributed by atoms with Crippen molar-refractivity contribution >= 4 is 17.2 Å². The number of hydrogen-bond acceptors (Lipinski definition) is 4. The molecule has 1 aliphatic heterocycles. The molecule has 0 radical (unpaired) electrons. The molecule has 3 heterocycles. The molecule has 0 spiro atoms. The number of carbonyl (C=O) groups is 1. The van der Waals surface area contributed by atoms with Gasteiger partial charge < -0.3 is 15.0 Å². The zero-order valence-corrected chi connectivity index (χ0v) is 15.8. The summed E-state index contributed by atoms with van der Waals surface area (Å²) in [6.45, 7) is 7.71.